The Kier molecular flexibility index (Phi) is 6.77. The third kappa shape index (κ3) is 5.80. The molecular formula is C20H22N2O3. The van der Waals surface area contributed by atoms with Crippen LogP contribution in [0.5, 0.6) is 5.75 Å². The predicted molar refractivity (Wildman–Crippen MR) is 98.9 cm³/mol. The molecule has 0 aliphatic rings. The van der Waals surface area contributed by atoms with Crippen LogP contribution in [0.4, 0.5) is 5.69 Å². The molecule has 0 heterocycles. The Bertz CT molecular complexity index is 722. The van der Waals surface area contributed by atoms with Gasteiger partial charge >= 0.3 is 0 Å². The number of rotatable bonds is 8. The number of hydrogen-bond donors (Lipinski definition) is 2. The molecule has 2 aromatic carbocycles. The predicted octanol–water partition coefficient (Wildman–Crippen LogP) is 3.18. The standard InChI is InChI=1S/C20H22N2O3/c1-3-14-25-18-11-7-16(8-12-18)20(24)22-17-9-4-15(5-10-17)6-13-19(23)21-2/h3-5,7-12H,1,6,13-14H2,2H3,(H,21,23)(H,22,24). The topological polar surface area (TPSA) is 67.4 Å². The number of ether oxygens (including phenoxy) is 1. The number of anilines is 1. The molecule has 0 aliphatic heterocycles. The Labute approximate surface area is 147 Å². The molecule has 25 heavy (non-hydrogen) atoms. The lowest BCUT2D eigenvalue weighted by Gasteiger charge is -2.08. The first-order chi connectivity index (χ1) is 12.1. The molecule has 0 spiro atoms. The van der Waals surface area contributed by atoms with Gasteiger partial charge in [0.15, 0.2) is 0 Å². The van der Waals surface area contributed by atoms with Crippen LogP contribution in [0, 0.1) is 0 Å². The third-order valence-electron chi connectivity index (χ3n) is 3.62. The van der Waals surface area contributed by atoms with E-state index < -0.39 is 0 Å². The molecule has 0 atom stereocenters. The molecule has 0 aliphatic carbocycles. The van der Waals surface area contributed by atoms with Crippen molar-refractivity contribution in [2.75, 3.05) is 19.0 Å². The van der Waals surface area contributed by atoms with Gasteiger partial charge in [-0.25, -0.2) is 0 Å². The van der Waals surface area contributed by atoms with E-state index in [0.717, 1.165) is 5.56 Å². The Hall–Kier alpha value is -3.08. The summed E-state index contributed by atoms with van der Waals surface area (Å²) in [6.45, 7) is 4.02. The van der Waals surface area contributed by atoms with Crippen molar-refractivity contribution in [2.24, 2.45) is 0 Å². The first kappa shape index (κ1) is 18.3. The van der Waals surface area contributed by atoms with Crippen molar-refractivity contribution in [1.29, 1.82) is 0 Å². The van der Waals surface area contributed by atoms with E-state index >= 15 is 0 Å². The number of nitrogens with one attached hydrogen (secondary N) is 2. The van der Waals surface area contributed by atoms with Crippen LogP contribution in [0.2, 0.25) is 0 Å². The highest BCUT2D eigenvalue weighted by Gasteiger charge is 2.07. The molecule has 0 fully saturated rings. The number of aryl methyl sites for hydroxylation is 1. The molecule has 5 nitrogen and oxygen atoms in total. The van der Waals surface area contributed by atoms with Crippen LogP contribution < -0.4 is 15.4 Å². The zero-order chi connectivity index (χ0) is 18.1. The minimum atomic E-state index is -0.187. The van der Waals surface area contributed by atoms with Crippen LogP contribution in [0.1, 0.15) is 22.3 Å². The van der Waals surface area contributed by atoms with E-state index in [2.05, 4.69) is 17.2 Å². The van der Waals surface area contributed by atoms with Gasteiger partial charge in [-0.05, 0) is 48.4 Å². The molecule has 2 N–H and O–H groups in total. The summed E-state index contributed by atoms with van der Waals surface area (Å²) in [6, 6.07) is 14.4. The minimum absolute atomic E-state index is 0.0119. The molecule has 0 unspecified atom stereocenters. The van der Waals surface area contributed by atoms with E-state index in [1.165, 1.54) is 0 Å². The lowest BCUT2D eigenvalue weighted by Crippen LogP contribution is -2.17. The van der Waals surface area contributed by atoms with E-state index in [-0.39, 0.29) is 11.8 Å². The van der Waals surface area contributed by atoms with Gasteiger partial charge in [0.25, 0.3) is 5.91 Å². The zero-order valence-corrected chi connectivity index (χ0v) is 14.2. The van der Waals surface area contributed by atoms with Crippen LogP contribution in [0.15, 0.2) is 61.2 Å². The summed E-state index contributed by atoms with van der Waals surface area (Å²) in [4.78, 5) is 23.5. The Morgan fingerprint density at radius 3 is 2.36 bits per heavy atom. The molecule has 0 radical (unpaired) electrons. The largest absolute Gasteiger partial charge is 0.490 e. The van der Waals surface area contributed by atoms with Crippen LogP contribution in [-0.2, 0) is 11.2 Å². The van der Waals surface area contributed by atoms with Gasteiger partial charge in [0.05, 0.1) is 0 Å². The van der Waals surface area contributed by atoms with Crippen LogP contribution in [-0.4, -0.2) is 25.5 Å². The summed E-state index contributed by atoms with van der Waals surface area (Å²) in [5.74, 6) is 0.517. The van der Waals surface area contributed by atoms with Crippen LogP contribution in [0.3, 0.4) is 0 Å². The maximum atomic E-state index is 12.3. The van der Waals surface area contributed by atoms with Gasteiger partial charge in [-0.15, -0.1) is 0 Å². The van der Waals surface area contributed by atoms with Gasteiger partial charge < -0.3 is 15.4 Å². The second-order valence-electron chi connectivity index (χ2n) is 5.45. The van der Waals surface area contributed by atoms with Crippen molar-refractivity contribution in [1.82, 2.24) is 5.32 Å². The van der Waals surface area contributed by atoms with Gasteiger partial charge in [0, 0.05) is 24.7 Å². The van der Waals surface area contributed by atoms with Gasteiger partial charge in [-0.2, -0.15) is 0 Å². The number of carbonyl (C=O) groups excluding carboxylic acids is 2. The normalized spacial score (nSPS) is 9.96. The Morgan fingerprint density at radius 1 is 1.08 bits per heavy atom. The first-order valence-corrected chi connectivity index (χ1v) is 8.07. The minimum Gasteiger partial charge on any atom is -0.490 e. The summed E-state index contributed by atoms with van der Waals surface area (Å²) < 4.78 is 5.39. The molecule has 2 aromatic rings. The van der Waals surface area contributed by atoms with E-state index in [0.29, 0.717) is 36.4 Å². The van der Waals surface area contributed by atoms with Crippen molar-refractivity contribution in [2.45, 2.75) is 12.8 Å². The summed E-state index contributed by atoms with van der Waals surface area (Å²) in [7, 11) is 1.62. The third-order valence-corrected chi connectivity index (χ3v) is 3.62. The Morgan fingerprint density at radius 2 is 1.76 bits per heavy atom. The molecule has 0 aromatic heterocycles. The zero-order valence-electron chi connectivity index (χ0n) is 14.2. The fourth-order valence-electron chi connectivity index (χ4n) is 2.20. The molecule has 130 valence electrons. The monoisotopic (exact) mass is 338 g/mol. The van der Waals surface area contributed by atoms with E-state index in [9.17, 15) is 9.59 Å². The fourth-order valence-corrected chi connectivity index (χ4v) is 2.20. The smallest absolute Gasteiger partial charge is 0.255 e. The highest BCUT2D eigenvalue weighted by Crippen LogP contribution is 2.15. The molecule has 0 saturated carbocycles. The lowest BCUT2D eigenvalue weighted by atomic mass is 10.1. The van der Waals surface area contributed by atoms with Gasteiger partial charge in [0.2, 0.25) is 5.91 Å². The maximum absolute atomic E-state index is 12.3. The maximum Gasteiger partial charge on any atom is 0.255 e. The lowest BCUT2D eigenvalue weighted by molar-refractivity contribution is -0.120. The average Bonchev–Trinajstić information content (AvgIpc) is 2.65. The summed E-state index contributed by atoms with van der Waals surface area (Å²) in [5, 5.41) is 5.45. The molecular weight excluding hydrogens is 316 g/mol. The molecule has 0 bridgehead atoms. The van der Waals surface area contributed by atoms with Gasteiger partial charge in [0.1, 0.15) is 12.4 Å². The van der Waals surface area contributed by atoms with Gasteiger partial charge in [-0.3, -0.25) is 9.59 Å². The van der Waals surface area contributed by atoms with Crippen molar-refractivity contribution in [3.63, 3.8) is 0 Å². The number of amides is 2. The highest BCUT2D eigenvalue weighted by atomic mass is 16.5. The molecule has 2 rings (SSSR count). The van der Waals surface area contributed by atoms with Crippen molar-refractivity contribution < 1.29 is 14.3 Å². The summed E-state index contributed by atoms with van der Waals surface area (Å²) in [6.07, 6.45) is 2.78. The second-order valence-corrected chi connectivity index (χ2v) is 5.45. The van der Waals surface area contributed by atoms with Crippen molar-refractivity contribution in [3.05, 3.63) is 72.3 Å². The fraction of sp³-hybridized carbons (Fsp3) is 0.200. The summed E-state index contributed by atoms with van der Waals surface area (Å²) in [5.41, 5.74) is 2.31. The molecule has 2 amide bonds. The van der Waals surface area contributed by atoms with E-state index in [1.807, 2.05) is 24.3 Å². The SMILES string of the molecule is C=CCOc1ccc(C(=O)Nc2ccc(CCC(=O)NC)cc2)cc1. The second kappa shape index (κ2) is 9.27. The van der Waals surface area contributed by atoms with Crippen molar-refractivity contribution >= 4 is 17.5 Å². The van der Waals surface area contributed by atoms with Crippen LogP contribution in [0.25, 0.3) is 0 Å². The Balaban J connectivity index is 1.91. The number of carbonyl (C=O) groups is 2. The molecule has 5 heteroatoms. The number of hydrogen-bond acceptors (Lipinski definition) is 3. The van der Waals surface area contributed by atoms with Crippen molar-refractivity contribution in [3.8, 4) is 5.75 Å². The first-order valence-electron chi connectivity index (χ1n) is 8.07. The highest BCUT2D eigenvalue weighted by molar-refractivity contribution is 6.04. The quantitative estimate of drug-likeness (QED) is 0.727. The van der Waals surface area contributed by atoms with Crippen LogP contribution >= 0.6 is 0 Å². The summed E-state index contributed by atoms with van der Waals surface area (Å²) >= 11 is 0. The number of benzene rings is 2. The molecule has 0 saturated heterocycles. The average molecular weight is 338 g/mol. The van der Waals surface area contributed by atoms with E-state index in [4.69, 9.17) is 4.74 Å². The van der Waals surface area contributed by atoms with Gasteiger partial charge in [-0.1, -0.05) is 24.8 Å². The van der Waals surface area contributed by atoms with E-state index in [1.54, 1.807) is 37.4 Å².